The molecular formula is C22H33Cl2N5O. The van der Waals surface area contributed by atoms with Crippen molar-refractivity contribution in [2.45, 2.75) is 46.0 Å². The van der Waals surface area contributed by atoms with Gasteiger partial charge in [0.05, 0.1) is 30.9 Å². The van der Waals surface area contributed by atoms with E-state index in [2.05, 4.69) is 33.8 Å². The molecule has 0 radical (unpaired) electrons. The summed E-state index contributed by atoms with van der Waals surface area (Å²) >= 11 is 0. The molecule has 0 amide bonds. The van der Waals surface area contributed by atoms with E-state index in [1.807, 2.05) is 30.5 Å². The molecule has 0 unspecified atom stereocenters. The average Bonchev–Trinajstić information content (AvgIpc) is 3.17. The van der Waals surface area contributed by atoms with Gasteiger partial charge in [-0.25, -0.2) is 14.5 Å². The number of unbranched alkanes of at least 4 members (excludes halogenated alkanes) is 2. The van der Waals surface area contributed by atoms with Crippen LogP contribution in [0.2, 0.25) is 0 Å². The molecule has 0 N–H and O–H groups in total. The predicted octanol–water partition coefficient (Wildman–Crippen LogP) is 5.31. The zero-order valence-corrected chi connectivity index (χ0v) is 19.5. The van der Waals surface area contributed by atoms with E-state index in [1.54, 1.807) is 16.9 Å². The van der Waals surface area contributed by atoms with Crippen molar-refractivity contribution < 1.29 is 4.74 Å². The highest BCUT2D eigenvalue weighted by atomic mass is 35.5. The van der Waals surface area contributed by atoms with E-state index in [1.165, 1.54) is 38.8 Å². The van der Waals surface area contributed by atoms with Crippen molar-refractivity contribution in [1.29, 1.82) is 0 Å². The van der Waals surface area contributed by atoms with E-state index in [9.17, 15) is 0 Å². The summed E-state index contributed by atoms with van der Waals surface area (Å²) in [7, 11) is 0. The third kappa shape index (κ3) is 7.74. The second-order valence-corrected chi connectivity index (χ2v) is 7.09. The lowest BCUT2D eigenvalue weighted by Gasteiger charge is -2.21. The second kappa shape index (κ2) is 14.2. The van der Waals surface area contributed by atoms with Gasteiger partial charge in [0.25, 0.3) is 5.78 Å². The molecule has 0 aliphatic heterocycles. The Balaban J connectivity index is 0.00000225. The lowest BCUT2D eigenvalue weighted by Crippen LogP contribution is -2.28. The number of ether oxygens (including phenoxy) is 1. The van der Waals surface area contributed by atoms with Crippen LogP contribution in [0.15, 0.2) is 42.9 Å². The number of benzene rings is 1. The number of hydrogen-bond donors (Lipinski definition) is 0. The molecule has 0 bridgehead atoms. The zero-order chi connectivity index (χ0) is 19.6. The first-order valence-electron chi connectivity index (χ1n) is 10.4. The smallest absolute Gasteiger partial charge is 0.251 e. The third-order valence-electron chi connectivity index (χ3n) is 4.81. The van der Waals surface area contributed by atoms with Crippen LogP contribution in [-0.2, 0) is 0 Å². The molecule has 1 aromatic carbocycles. The van der Waals surface area contributed by atoms with Crippen molar-refractivity contribution in [3.05, 3.63) is 42.9 Å². The minimum atomic E-state index is 0. The van der Waals surface area contributed by atoms with Gasteiger partial charge in [-0.15, -0.1) is 24.8 Å². The van der Waals surface area contributed by atoms with E-state index >= 15 is 0 Å². The summed E-state index contributed by atoms with van der Waals surface area (Å²) in [6, 6.07) is 8.08. The van der Waals surface area contributed by atoms with Gasteiger partial charge < -0.3 is 9.64 Å². The summed E-state index contributed by atoms with van der Waals surface area (Å²) in [6.45, 7) is 8.77. The number of hydrogen-bond acceptors (Lipinski definition) is 5. The molecule has 166 valence electrons. The van der Waals surface area contributed by atoms with Gasteiger partial charge in [0.2, 0.25) is 0 Å². The zero-order valence-electron chi connectivity index (χ0n) is 17.9. The van der Waals surface area contributed by atoms with Crippen LogP contribution in [0.5, 0.6) is 5.75 Å². The normalized spacial score (nSPS) is 10.6. The van der Waals surface area contributed by atoms with Crippen LogP contribution in [0.1, 0.15) is 46.0 Å². The summed E-state index contributed by atoms with van der Waals surface area (Å²) in [5.74, 6) is 1.51. The van der Waals surface area contributed by atoms with E-state index in [0.29, 0.717) is 5.78 Å². The van der Waals surface area contributed by atoms with Crippen LogP contribution in [0.3, 0.4) is 0 Å². The molecule has 0 atom stereocenters. The maximum atomic E-state index is 5.94. The molecule has 2 aromatic heterocycles. The number of rotatable bonds is 12. The molecule has 3 aromatic rings. The predicted molar refractivity (Wildman–Crippen MR) is 127 cm³/mol. The van der Waals surface area contributed by atoms with Crippen LogP contribution in [0.4, 0.5) is 0 Å². The minimum Gasteiger partial charge on any atom is -0.494 e. The molecule has 30 heavy (non-hydrogen) atoms. The Kier molecular flexibility index (Phi) is 12.4. The molecule has 2 heterocycles. The van der Waals surface area contributed by atoms with Crippen LogP contribution in [-0.4, -0.2) is 50.7 Å². The summed E-state index contributed by atoms with van der Waals surface area (Å²) in [5, 5.41) is 4.21. The van der Waals surface area contributed by atoms with Gasteiger partial charge in [-0.3, -0.25) is 0 Å². The fraction of sp³-hybridized carbons (Fsp3) is 0.500. The van der Waals surface area contributed by atoms with Crippen molar-refractivity contribution in [1.82, 2.24) is 24.5 Å². The summed E-state index contributed by atoms with van der Waals surface area (Å²) in [4.78, 5) is 11.3. The number of fused-ring (bicyclic) bond motifs is 1. The lowest BCUT2D eigenvalue weighted by molar-refractivity contribution is 0.229. The lowest BCUT2D eigenvalue weighted by atomic mass is 10.2. The summed E-state index contributed by atoms with van der Waals surface area (Å²) in [5.41, 5.74) is 1.89. The minimum absolute atomic E-state index is 0. The monoisotopic (exact) mass is 453 g/mol. The SMILES string of the molecule is CCCCN(CCCC)CCCOc1ccc(-c2cn3nccnc3n2)cc1.Cl.Cl. The van der Waals surface area contributed by atoms with Crippen molar-refractivity contribution in [3.8, 4) is 17.0 Å². The Morgan fingerprint density at radius 1 is 0.900 bits per heavy atom. The highest BCUT2D eigenvalue weighted by Crippen LogP contribution is 2.21. The topological polar surface area (TPSA) is 55.6 Å². The van der Waals surface area contributed by atoms with Crippen LogP contribution >= 0.6 is 24.8 Å². The standard InChI is InChI=1S/C22H31N5O.2ClH/c1-3-5-14-26(15-6-4-2)16-7-17-28-20-10-8-19(9-11-20)21-18-27-22(25-21)23-12-13-24-27;;/h8-13,18H,3-7,14-17H2,1-2H3;2*1H. The number of nitrogens with zero attached hydrogens (tertiary/aromatic N) is 5. The highest BCUT2D eigenvalue weighted by molar-refractivity contribution is 5.85. The van der Waals surface area contributed by atoms with E-state index in [-0.39, 0.29) is 24.8 Å². The number of halogens is 2. The maximum absolute atomic E-state index is 5.94. The van der Waals surface area contributed by atoms with Gasteiger partial charge in [-0.2, -0.15) is 5.10 Å². The van der Waals surface area contributed by atoms with Crippen LogP contribution in [0.25, 0.3) is 17.0 Å². The first-order valence-corrected chi connectivity index (χ1v) is 10.4. The Morgan fingerprint density at radius 2 is 1.57 bits per heavy atom. The van der Waals surface area contributed by atoms with Gasteiger partial charge in [-0.05, 0) is 56.6 Å². The molecule has 3 rings (SSSR count). The molecule has 6 nitrogen and oxygen atoms in total. The Hall–Kier alpha value is -1.89. The van der Waals surface area contributed by atoms with Gasteiger partial charge in [0.1, 0.15) is 5.75 Å². The summed E-state index contributed by atoms with van der Waals surface area (Å²) < 4.78 is 7.62. The Bertz CT molecular complexity index is 800. The molecule has 0 spiro atoms. The fourth-order valence-electron chi connectivity index (χ4n) is 3.17. The maximum Gasteiger partial charge on any atom is 0.251 e. The average molecular weight is 454 g/mol. The molecule has 8 heteroatoms. The van der Waals surface area contributed by atoms with Crippen molar-refractivity contribution >= 4 is 30.6 Å². The molecule has 0 aliphatic carbocycles. The largest absolute Gasteiger partial charge is 0.494 e. The van der Waals surface area contributed by atoms with Crippen LogP contribution < -0.4 is 4.74 Å². The van der Waals surface area contributed by atoms with Crippen molar-refractivity contribution in [2.24, 2.45) is 0 Å². The Labute approximate surface area is 191 Å². The van der Waals surface area contributed by atoms with E-state index < -0.39 is 0 Å². The number of imidazole rings is 1. The molecule has 0 aliphatic rings. The van der Waals surface area contributed by atoms with Gasteiger partial charge in [0.15, 0.2) is 0 Å². The molecule has 0 saturated heterocycles. The third-order valence-corrected chi connectivity index (χ3v) is 4.81. The summed E-state index contributed by atoms with van der Waals surface area (Å²) in [6.07, 6.45) is 11.3. The van der Waals surface area contributed by atoms with Crippen LogP contribution in [0, 0.1) is 0 Å². The number of aromatic nitrogens is 4. The first kappa shape index (κ1) is 26.1. The molecule has 0 fully saturated rings. The van der Waals surface area contributed by atoms with Crippen molar-refractivity contribution in [2.75, 3.05) is 26.2 Å². The first-order chi connectivity index (χ1) is 13.8. The van der Waals surface area contributed by atoms with Gasteiger partial charge >= 0.3 is 0 Å². The highest BCUT2D eigenvalue weighted by Gasteiger charge is 2.07. The second-order valence-electron chi connectivity index (χ2n) is 7.09. The van der Waals surface area contributed by atoms with E-state index in [4.69, 9.17) is 4.74 Å². The van der Waals surface area contributed by atoms with Crippen molar-refractivity contribution in [3.63, 3.8) is 0 Å². The Morgan fingerprint density at radius 3 is 2.20 bits per heavy atom. The molecule has 0 saturated carbocycles. The van der Waals surface area contributed by atoms with Gasteiger partial charge in [-0.1, -0.05) is 26.7 Å². The van der Waals surface area contributed by atoms with E-state index in [0.717, 1.165) is 36.6 Å². The quantitative estimate of drug-likeness (QED) is 0.348. The molecular weight excluding hydrogens is 421 g/mol. The fourth-order valence-corrected chi connectivity index (χ4v) is 3.17. The van der Waals surface area contributed by atoms with Gasteiger partial charge in [0, 0.05) is 12.1 Å².